The summed E-state index contributed by atoms with van der Waals surface area (Å²) < 4.78 is 12.9. The second-order valence-corrected chi connectivity index (χ2v) is 6.16. The number of hydrogen-bond acceptors (Lipinski definition) is 2. The topological polar surface area (TPSA) is 49.4 Å². The van der Waals surface area contributed by atoms with Crippen molar-refractivity contribution in [1.29, 1.82) is 0 Å². The molecule has 0 heterocycles. The van der Waals surface area contributed by atoms with Crippen molar-refractivity contribution in [1.82, 2.24) is 10.2 Å². The molecule has 0 saturated heterocycles. The van der Waals surface area contributed by atoms with Crippen molar-refractivity contribution < 1.29 is 14.0 Å². The normalized spacial score (nSPS) is 12.7. The molecule has 0 aliphatic heterocycles. The van der Waals surface area contributed by atoms with Crippen molar-refractivity contribution in [2.24, 2.45) is 5.41 Å². The lowest BCUT2D eigenvalue weighted by molar-refractivity contribution is -0.135. The summed E-state index contributed by atoms with van der Waals surface area (Å²) in [5.74, 6) is -0.666. The van der Waals surface area contributed by atoms with Gasteiger partial charge in [0, 0.05) is 12.5 Å². The van der Waals surface area contributed by atoms with E-state index in [4.69, 9.17) is 0 Å². The van der Waals surface area contributed by atoms with Crippen LogP contribution in [0.3, 0.4) is 0 Å². The van der Waals surface area contributed by atoms with Gasteiger partial charge in [0.15, 0.2) is 0 Å². The highest BCUT2D eigenvalue weighted by Gasteiger charge is 2.23. The molecule has 0 aliphatic rings. The van der Waals surface area contributed by atoms with Gasteiger partial charge in [0.1, 0.15) is 5.82 Å². The number of amides is 2. The van der Waals surface area contributed by atoms with E-state index in [0.717, 1.165) is 5.56 Å². The van der Waals surface area contributed by atoms with Gasteiger partial charge in [0.2, 0.25) is 11.8 Å². The zero-order valence-corrected chi connectivity index (χ0v) is 13.2. The fraction of sp³-hybridized carbons (Fsp3) is 0.500. The molecule has 5 heteroatoms. The molecule has 0 bridgehead atoms. The monoisotopic (exact) mass is 294 g/mol. The third-order valence-corrected chi connectivity index (χ3v) is 3.41. The number of rotatable bonds is 4. The summed E-state index contributed by atoms with van der Waals surface area (Å²) in [6, 6.07) is 5.84. The van der Waals surface area contributed by atoms with Gasteiger partial charge in [0.05, 0.1) is 12.6 Å². The molecule has 1 rings (SSSR count). The molecule has 1 unspecified atom stereocenters. The van der Waals surface area contributed by atoms with Gasteiger partial charge in [-0.1, -0.05) is 32.9 Å². The Labute approximate surface area is 125 Å². The van der Waals surface area contributed by atoms with Gasteiger partial charge in [-0.05, 0) is 24.6 Å². The van der Waals surface area contributed by atoms with Gasteiger partial charge in [-0.3, -0.25) is 9.59 Å². The largest absolute Gasteiger partial charge is 0.347 e. The molecular weight excluding hydrogens is 271 g/mol. The van der Waals surface area contributed by atoms with Gasteiger partial charge < -0.3 is 10.2 Å². The van der Waals surface area contributed by atoms with E-state index in [2.05, 4.69) is 5.32 Å². The van der Waals surface area contributed by atoms with Gasteiger partial charge in [-0.25, -0.2) is 4.39 Å². The SMILES string of the molecule is CC(c1ccc(F)cc1)N(C)C(=O)CNC(=O)C(C)(C)C. The summed E-state index contributed by atoms with van der Waals surface area (Å²) in [4.78, 5) is 25.4. The van der Waals surface area contributed by atoms with E-state index in [0.29, 0.717) is 0 Å². The average molecular weight is 294 g/mol. The van der Waals surface area contributed by atoms with Crippen LogP contribution in [0, 0.1) is 11.2 Å². The van der Waals surface area contributed by atoms with Crippen LogP contribution in [0.15, 0.2) is 24.3 Å². The Bertz CT molecular complexity index is 506. The Balaban J connectivity index is 2.62. The minimum Gasteiger partial charge on any atom is -0.347 e. The summed E-state index contributed by atoms with van der Waals surface area (Å²) in [7, 11) is 1.67. The first kappa shape index (κ1) is 17.1. The van der Waals surface area contributed by atoms with Crippen LogP contribution >= 0.6 is 0 Å². The molecule has 4 nitrogen and oxygen atoms in total. The second kappa shape index (κ2) is 6.70. The molecule has 0 radical (unpaired) electrons. The number of carbonyl (C=O) groups is 2. The second-order valence-electron chi connectivity index (χ2n) is 6.16. The van der Waals surface area contributed by atoms with Crippen LogP contribution in [0.1, 0.15) is 39.3 Å². The van der Waals surface area contributed by atoms with Crippen LogP contribution in [0.2, 0.25) is 0 Å². The van der Waals surface area contributed by atoms with Crippen LogP contribution in [0.4, 0.5) is 4.39 Å². The first-order valence-corrected chi connectivity index (χ1v) is 6.92. The molecule has 1 atom stereocenters. The number of carbonyl (C=O) groups excluding carboxylic acids is 2. The van der Waals surface area contributed by atoms with E-state index in [1.54, 1.807) is 40.0 Å². The van der Waals surface area contributed by atoms with E-state index in [-0.39, 0.29) is 30.2 Å². The number of benzene rings is 1. The molecule has 0 saturated carbocycles. The maximum absolute atomic E-state index is 12.9. The highest BCUT2D eigenvalue weighted by Crippen LogP contribution is 2.19. The number of halogens is 1. The van der Waals surface area contributed by atoms with Crippen LogP contribution in [0.25, 0.3) is 0 Å². The Morgan fingerprint density at radius 3 is 2.24 bits per heavy atom. The molecule has 1 aromatic rings. The van der Waals surface area contributed by atoms with Crippen molar-refractivity contribution in [2.75, 3.05) is 13.6 Å². The molecular formula is C16H23FN2O2. The quantitative estimate of drug-likeness (QED) is 0.927. The van der Waals surface area contributed by atoms with Crippen molar-refractivity contribution in [3.05, 3.63) is 35.6 Å². The maximum atomic E-state index is 12.9. The lowest BCUT2D eigenvalue weighted by atomic mass is 9.96. The van der Waals surface area contributed by atoms with Gasteiger partial charge >= 0.3 is 0 Å². The lowest BCUT2D eigenvalue weighted by Gasteiger charge is -2.26. The zero-order chi connectivity index (χ0) is 16.2. The predicted molar refractivity (Wildman–Crippen MR) is 80.0 cm³/mol. The van der Waals surface area contributed by atoms with Gasteiger partial charge in [-0.15, -0.1) is 0 Å². The maximum Gasteiger partial charge on any atom is 0.242 e. The molecule has 21 heavy (non-hydrogen) atoms. The summed E-state index contributed by atoms with van der Waals surface area (Å²) in [6.45, 7) is 7.18. The molecule has 2 amide bonds. The van der Waals surface area contributed by atoms with Crippen molar-refractivity contribution in [2.45, 2.75) is 33.7 Å². The van der Waals surface area contributed by atoms with E-state index in [1.165, 1.54) is 17.0 Å². The third-order valence-electron chi connectivity index (χ3n) is 3.41. The average Bonchev–Trinajstić information content (AvgIpc) is 2.42. The number of hydrogen-bond donors (Lipinski definition) is 1. The van der Waals surface area contributed by atoms with Gasteiger partial charge in [0.25, 0.3) is 0 Å². The Morgan fingerprint density at radius 1 is 1.24 bits per heavy atom. The summed E-state index contributed by atoms with van der Waals surface area (Å²) in [5.41, 5.74) is 0.316. The standard InChI is InChI=1S/C16H23FN2O2/c1-11(12-6-8-13(17)9-7-12)19(5)14(20)10-18-15(21)16(2,3)4/h6-9,11H,10H2,1-5H3,(H,18,21). The third kappa shape index (κ3) is 4.85. The van der Waals surface area contributed by atoms with Crippen molar-refractivity contribution in [3.63, 3.8) is 0 Å². The van der Waals surface area contributed by atoms with Crippen LogP contribution in [0.5, 0.6) is 0 Å². The molecule has 0 aliphatic carbocycles. The molecule has 0 spiro atoms. The predicted octanol–water partition coefficient (Wildman–Crippen LogP) is 2.51. The molecule has 0 aromatic heterocycles. The minimum absolute atomic E-state index is 0.0435. The van der Waals surface area contributed by atoms with E-state index < -0.39 is 5.41 Å². The minimum atomic E-state index is -0.526. The van der Waals surface area contributed by atoms with Gasteiger partial charge in [-0.2, -0.15) is 0 Å². The van der Waals surface area contributed by atoms with Crippen LogP contribution in [-0.2, 0) is 9.59 Å². The van der Waals surface area contributed by atoms with Crippen LogP contribution < -0.4 is 5.32 Å². The number of likely N-dealkylation sites (N-methyl/N-ethyl adjacent to an activating group) is 1. The fourth-order valence-electron chi connectivity index (χ4n) is 1.73. The first-order valence-electron chi connectivity index (χ1n) is 6.92. The van der Waals surface area contributed by atoms with Crippen LogP contribution in [-0.4, -0.2) is 30.3 Å². The zero-order valence-electron chi connectivity index (χ0n) is 13.2. The summed E-state index contributed by atoms with van der Waals surface area (Å²) >= 11 is 0. The van der Waals surface area contributed by atoms with Crippen molar-refractivity contribution >= 4 is 11.8 Å². The molecule has 1 N–H and O–H groups in total. The lowest BCUT2D eigenvalue weighted by Crippen LogP contribution is -2.42. The smallest absolute Gasteiger partial charge is 0.242 e. The fourth-order valence-corrected chi connectivity index (χ4v) is 1.73. The Hall–Kier alpha value is -1.91. The summed E-state index contributed by atoms with van der Waals surface area (Å²) in [6.07, 6.45) is 0. The molecule has 116 valence electrons. The molecule has 1 aromatic carbocycles. The highest BCUT2D eigenvalue weighted by molar-refractivity contribution is 5.87. The summed E-state index contributed by atoms with van der Waals surface area (Å²) in [5, 5.41) is 2.63. The van der Waals surface area contributed by atoms with E-state index >= 15 is 0 Å². The number of nitrogens with one attached hydrogen (secondary N) is 1. The van der Waals surface area contributed by atoms with Crippen molar-refractivity contribution in [3.8, 4) is 0 Å². The Morgan fingerprint density at radius 2 is 1.76 bits per heavy atom. The number of nitrogens with zero attached hydrogens (tertiary/aromatic N) is 1. The van der Waals surface area contributed by atoms with E-state index in [1.807, 2.05) is 6.92 Å². The van der Waals surface area contributed by atoms with E-state index in [9.17, 15) is 14.0 Å². The molecule has 0 fully saturated rings. The Kier molecular flexibility index (Phi) is 5.47. The highest BCUT2D eigenvalue weighted by atomic mass is 19.1. The first-order chi connectivity index (χ1) is 9.62.